The number of anilines is 1. The molecule has 5 aliphatic rings. The molecule has 3 N–H and O–H groups in total. The van der Waals surface area contributed by atoms with E-state index in [-0.39, 0.29) is 22.8 Å². The standard InChI is InChI=1S/C38H49FN2O3/c1-24(41-29-12-10-28(39)11-13-29)40-21-25-5-7-26(8-6-25)32-20-37(4)33(15-16-34(37)42)31-14-9-27-19-38(18-17-30(27)35(31)32)43-22-36(2,3)23-44-38/h5-8,10-13,27,31-34,40-42H,1,9,14-23H2,2-4H3. The average Bonchev–Trinajstić information content (AvgIpc) is 3.32. The monoisotopic (exact) mass is 600 g/mol. The van der Waals surface area contributed by atoms with Crippen LogP contribution in [0.2, 0.25) is 0 Å². The summed E-state index contributed by atoms with van der Waals surface area (Å²) in [7, 11) is 0. The molecule has 2 aromatic carbocycles. The summed E-state index contributed by atoms with van der Waals surface area (Å²) in [5.41, 5.74) is 6.78. The van der Waals surface area contributed by atoms with E-state index in [0.29, 0.717) is 36.0 Å². The zero-order chi connectivity index (χ0) is 30.7. The summed E-state index contributed by atoms with van der Waals surface area (Å²) in [5, 5.41) is 17.8. The summed E-state index contributed by atoms with van der Waals surface area (Å²) in [5.74, 6) is 2.00. The van der Waals surface area contributed by atoms with Crippen LogP contribution in [0.15, 0.2) is 72.1 Å². The SMILES string of the molecule is C=C(NCc1ccc(C2CC3(C)C(O)CCC3C3CCC4CC5(CCC4=C23)OCC(C)(C)CO5)cc1)Nc1ccc(F)cc1. The number of fused-ring (bicyclic) bond motifs is 4. The summed E-state index contributed by atoms with van der Waals surface area (Å²) in [6.07, 6.45) is 8.27. The minimum Gasteiger partial charge on any atom is -0.393 e. The number of halogens is 1. The van der Waals surface area contributed by atoms with Gasteiger partial charge in [-0.05, 0) is 97.1 Å². The Labute approximate surface area is 262 Å². The molecule has 1 aliphatic heterocycles. The van der Waals surface area contributed by atoms with Crippen LogP contribution in [-0.2, 0) is 16.0 Å². The second-order valence-electron chi connectivity index (χ2n) is 15.4. The lowest BCUT2D eigenvalue weighted by molar-refractivity contribution is -0.312. The zero-order valence-corrected chi connectivity index (χ0v) is 26.6. The molecule has 44 heavy (non-hydrogen) atoms. The molecule has 0 aromatic heterocycles. The average molecular weight is 601 g/mol. The number of aliphatic hydroxyl groups excluding tert-OH is 1. The highest BCUT2D eigenvalue weighted by atomic mass is 19.1. The number of hydrogen-bond donors (Lipinski definition) is 3. The molecular weight excluding hydrogens is 551 g/mol. The van der Waals surface area contributed by atoms with Crippen molar-refractivity contribution >= 4 is 5.69 Å². The molecule has 4 aliphatic carbocycles. The van der Waals surface area contributed by atoms with Gasteiger partial charge in [-0.1, -0.05) is 62.8 Å². The van der Waals surface area contributed by atoms with Crippen molar-refractivity contribution in [1.82, 2.24) is 5.32 Å². The molecule has 0 radical (unpaired) electrons. The van der Waals surface area contributed by atoms with Gasteiger partial charge in [0.15, 0.2) is 5.79 Å². The Bertz CT molecular complexity index is 1410. The second-order valence-corrected chi connectivity index (χ2v) is 15.4. The Morgan fingerprint density at radius 1 is 0.955 bits per heavy atom. The van der Waals surface area contributed by atoms with E-state index in [1.54, 1.807) is 23.3 Å². The first-order chi connectivity index (χ1) is 21.0. The molecule has 6 heteroatoms. The zero-order valence-electron chi connectivity index (χ0n) is 26.6. The molecule has 3 saturated carbocycles. The van der Waals surface area contributed by atoms with Gasteiger partial charge in [0, 0.05) is 36.4 Å². The highest BCUT2D eigenvalue weighted by Crippen LogP contribution is 2.65. The molecule has 236 valence electrons. The molecule has 6 unspecified atom stereocenters. The molecule has 1 saturated heterocycles. The summed E-state index contributed by atoms with van der Waals surface area (Å²) in [6.45, 7) is 13.1. The van der Waals surface area contributed by atoms with E-state index < -0.39 is 5.79 Å². The summed E-state index contributed by atoms with van der Waals surface area (Å²) >= 11 is 0. The fourth-order valence-electron chi connectivity index (χ4n) is 9.33. The van der Waals surface area contributed by atoms with Crippen LogP contribution in [0.4, 0.5) is 10.1 Å². The molecule has 2 aromatic rings. The van der Waals surface area contributed by atoms with Gasteiger partial charge in [0.1, 0.15) is 5.82 Å². The number of rotatable bonds is 6. The molecular formula is C38H49FN2O3. The fourth-order valence-corrected chi connectivity index (χ4v) is 9.33. The molecule has 1 spiro atoms. The normalized spacial score (nSPS) is 33.7. The Morgan fingerprint density at radius 3 is 2.41 bits per heavy atom. The quantitative estimate of drug-likeness (QED) is 0.293. The number of allylic oxidation sites excluding steroid dienone is 2. The van der Waals surface area contributed by atoms with E-state index in [9.17, 15) is 9.50 Å². The van der Waals surface area contributed by atoms with Gasteiger partial charge in [-0.25, -0.2) is 4.39 Å². The molecule has 1 heterocycles. The highest BCUT2D eigenvalue weighted by Gasteiger charge is 2.57. The van der Waals surface area contributed by atoms with E-state index in [4.69, 9.17) is 9.47 Å². The maximum absolute atomic E-state index is 13.2. The number of hydrogen-bond acceptors (Lipinski definition) is 5. The van der Waals surface area contributed by atoms with Gasteiger partial charge in [0.25, 0.3) is 0 Å². The first-order valence-corrected chi connectivity index (χ1v) is 16.8. The predicted molar refractivity (Wildman–Crippen MR) is 172 cm³/mol. The van der Waals surface area contributed by atoms with Gasteiger partial charge < -0.3 is 25.2 Å². The van der Waals surface area contributed by atoms with Gasteiger partial charge in [-0.3, -0.25) is 0 Å². The first kappa shape index (κ1) is 30.0. The van der Waals surface area contributed by atoms with E-state index >= 15 is 0 Å². The minimum absolute atomic E-state index is 0.0344. The largest absolute Gasteiger partial charge is 0.393 e. The van der Waals surface area contributed by atoms with E-state index in [2.05, 4.69) is 62.2 Å². The highest BCUT2D eigenvalue weighted by molar-refractivity contribution is 5.47. The third-order valence-electron chi connectivity index (χ3n) is 11.8. The van der Waals surface area contributed by atoms with Crippen LogP contribution in [0.5, 0.6) is 0 Å². The Kier molecular flexibility index (Phi) is 7.70. The van der Waals surface area contributed by atoms with Gasteiger partial charge in [-0.2, -0.15) is 0 Å². The van der Waals surface area contributed by atoms with Crippen molar-refractivity contribution in [3.63, 3.8) is 0 Å². The molecule has 0 amide bonds. The summed E-state index contributed by atoms with van der Waals surface area (Å²) in [4.78, 5) is 0. The van der Waals surface area contributed by atoms with Crippen LogP contribution < -0.4 is 10.6 Å². The third kappa shape index (κ3) is 5.52. The van der Waals surface area contributed by atoms with Crippen molar-refractivity contribution in [1.29, 1.82) is 0 Å². The molecule has 7 rings (SSSR count). The van der Waals surface area contributed by atoms with Crippen molar-refractivity contribution in [2.45, 2.75) is 96.5 Å². The van der Waals surface area contributed by atoms with Gasteiger partial charge in [0.2, 0.25) is 0 Å². The van der Waals surface area contributed by atoms with E-state index in [1.807, 2.05) is 0 Å². The van der Waals surface area contributed by atoms with Gasteiger partial charge in [0.05, 0.1) is 25.1 Å². The van der Waals surface area contributed by atoms with Crippen molar-refractivity contribution in [3.05, 3.63) is 89.0 Å². The number of aliphatic hydroxyl groups is 1. The van der Waals surface area contributed by atoms with Crippen molar-refractivity contribution in [2.24, 2.45) is 28.6 Å². The van der Waals surface area contributed by atoms with Crippen LogP contribution >= 0.6 is 0 Å². The summed E-state index contributed by atoms with van der Waals surface area (Å²) in [6, 6.07) is 15.4. The van der Waals surface area contributed by atoms with Crippen LogP contribution in [0.1, 0.15) is 89.2 Å². The maximum atomic E-state index is 13.2. The molecule has 5 nitrogen and oxygen atoms in total. The van der Waals surface area contributed by atoms with E-state index in [0.717, 1.165) is 57.4 Å². The maximum Gasteiger partial charge on any atom is 0.169 e. The Morgan fingerprint density at radius 2 is 1.68 bits per heavy atom. The minimum atomic E-state index is -0.413. The smallest absolute Gasteiger partial charge is 0.169 e. The first-order valence-electron chi connectivity index (χ1n) is 16.8. The lowest BCUT2D eigenvalue weighted by atomic mass is 9.52. The number of benzene rings is 2. The number of nitrogens with one attached hydrogen (secondary N) is 2. The Hall–Kier alpha value is -2.67. The van der Waals surface area contributed by atoms with Crippen LogP contribution in [0, 0.1) is 34.4 Å². The van der Waals surface area contributed by atoms with Crippen LogP contribution in [-0.4, -0.2) is 30.2 Å². The van der Waals surface area contributed by atoms with Crippen LogP contribution in [0.3, 0.4) is 0 Å². The predicted octanol–water partition coefficient (Wildman–Crippen LogP) is 8.04. The molecule has 0 bridgehead atoms. The third-order valence-corrected chi connectivity index (χ3v) is 11.8. The second kappa shape index (κ2) is 11.3. The van der Waals surface area contributed by atoms with Gasteiger partial charge >= 0.3 is 0 Å². The van der Waals surface area contributed by atoms with Crippen LogP contribution in [0.25, 0.3) is 0 Å². The van der Waals surface area contributed by atoms with Crippen molar-refractivity contribution in [2.75, 3.05) is 18.5 Å². The summed E-state index contributed by atoms with van der Waals surface area (Å²) < 4.78 is 26.2. The number of ether oxygens (including phenoxy) is 2. The lowest BCUT2D eigenvalue weighted by Crippen LogP contribution is -2.52. The van der Waals surface area contributed by atoms with Gasteiger partial charge in [-0.15, -0.1) is 0 Å². The Balaban J connectivity index is 1.11. The van der Waals surface area contributed by atoms with Crippen molar-refractivity contribution in [3.8, 4) is 0 Å². The van der Waals surface area contributed by atoms with E-state index in [1.165, 1.54) is 36.1 Å². The lowest BCUT2D eigenvalue weighted by Gasteiger charge is -2.55. The molecule has 6 atom stereocenters. The molecule has 4 fully saturated rings. The van der Waals surface area contributed by atoms with Crippen molar-refractivity contribution < 1.29 is 19.0 Å². The fraction of sp³-hybridized carbons (Fsp3) is 0.579. The topological polar surface area (TPSA) is 62.8 Å².